The van der Waals surface area contributed by atoms with Crippen LogP contribution >= 0.6 is 0 Å². The molecule has 5 heteroatoms. The zero-order valence-electron chi connectivity index (χ0n) is 10.3. The van der Waals surface area contributed by atoms with Gasteiger partial charge in [0.2, 0.25) is 5.91 Å². The van der Waals surface area contributed by atoms with Gasteiger partial charge in [-0.3, -0.25) is 9.59 Å². The van der Waals surface area contributed by atoms with Gasteiger partial charge in [-0.2, -0.15) is 0 Å². The number of nitrogens with zero attached hydrogens (tertiary/aromatic N) is 1. The molecule has 100 valence electrons. The molecule has 0 aliphatic heterocycles. The molecule has 2 rings (SSSR count). The highest BCUT2D eigenvalue weighted by molar-refractivity contribution is 5.94. The van der Waals surface area contributed by atoms with Crippen LogP contribution in [0.2, 0.25) is 0 Å². The molecule has 4 nitrogen and oxygen atoms in total. The number of benzene rings is 1. The lowest BCUT2D eigenvalue weighted by molar-refractivity contribution is -0.143. The summed E-state index contributed by atoms with van der Waals surface area (Å²) in [6.45, 7) is -0.295. The van der Waals surface area contributed by atoms with Gasteiger partial charge >= 0.3 is 5.97 Å². The largest absolute Gasteiger partial charge is 0.480 e. The van der Waals surface area contributed by atoms with E-state index in [2.05, 4.69) is 0 Å². The normalized spacial score (nSPS) is 14.6. The molecule has 0 heterocycles. The van der Waals surface area contributed by atoms with Crippen LogP contribution in [0.15, 0.2) is 30.3 Å². The summed E-state index contributed by atoms with van der Waals surface area (Å²) in [6, 6.07) is 5.88. The summed E-state index contributed by atoms with van der Waals surface area (Å²) < 4.78 is 13.0. The SMILES string of the molecule is O=C(O)CN(C(=O)C=Cc1cccc(F)c1)C1CC1. The average molecular weight is 263 g/mol. The lowest BCUT2D eigenvalue weighted by Gasteiger charge is -2.17. The number of carbonyl (C=O) groups excluding carboxylic acids is 1. The van der Waals surface area contributed by atoms with Crippen LogP contribution in [0.25, 0.3) is 6.08 Å². The van der Waals surface area contributed by atoms with Crippen LogP contribution in [-0.2, 0) is 9.59 Å². The van der Waals surface area contributed by atoms with Gasteiger partial charge in [0.15, 0.2) is 0 Å². The number of hydrogen-bond donors (Lipinski definition) is 1. The van der Waals surface area contributed by atoms with E-state index in [1.165, 1.54) is 29.2 Å². The molecule has 0 spiro atoms. The van der Waals surface area contributed by atoms with E-state index >= 15 is 0 Å². The van der Waals surface area contributed by atoms with Gasteiger partial charge in [0.1, 0.15) is 12.4 Å². The summed E-state index contributed by atoms with van der Waals surface area (Å²) in [5, 5.41) is 8.76. The fourth-order valence-corrected chi connectivity index (χ4v) is 1.79. The third-order valence-electron chi connectivity index (χ3n) is 2.84. The molecular formula is C14H14FNO3. The van der Waals surface area contributed by atoms with Crippen molar-refractivity contribution in [2.45, 2.75) is 18.9 Å². The Hall–Kier alpha value is -2.17. The molecule has 1 saturated carbocycles. The number of hydrogen-bond acceptors (Lipinski definition) is 2. The van der Waals surface area contributed by atoms with Crippen molar-refractivity contribution in [2.24, 2.45) is 0 Å². The van der Waals surface area contributed by atoms with Crippen LogP contribution in [0.3, 0.4) is 0 Å². The maximum Gasteiger partial charge on any atom is 0.323 e. The van der Waals surface area contributed by atoms with Gasteiger partial charge in [-0.25, -0.2) is 4.39 Å². The molecule has 1 aromatic carbocycles. The minimum atomic E-state index is -1.03. The van der Waals surface area contributed by atoms with Gasteiger partial charge in [0.05, 0.1) is 0 Å². The molecule has 1 N–H and O–H groups in total. The zero-order valence-corrected chi connectivity index (χ0v) is 10.3. The number of carbonyl (C=O) groups is 2. The highest BCUT2D eigenvalue weighted by atomic mass is 19.1. The molecule has 0 unspecified atom stereocenters. The first-order chi connectivity index (χ1) is 9.06. The van der Waals surface area contributed by atoms with Crippen molar-refractivity contribution in [1.82, 2.24) is 4.90 Å². The van der Waals surface area contributed by atoms with Crippen LogP contribution in [0, 0.1) is 5.82 Å². The summed E-state index contributed by atoms with van der Waals surface area (Å²) >= 11 is 0. The highest BCUT2D eigenvalue weighted by Crippen LogP contribution is 2.26. The Labute approximate surface area is 110 Å². The van der Waals surface area contributed by atoms with Crippen molar-refractivity contribution in [3.63, 3.8) is 0 Å². The summed E-state index contributed by atoms with van der Waals surface area (Å²) in [6.07, 6.45) is 4.46. The van der Waals surface area contributed by atoms with E-state index in [1.807, 2.05) is 0 Å². The van der Waals surface area contributed by atoms with Crippen LogP contribution in [0.1, 0.15) is 18.4 Å². The molecule has 0 saturated heterocycles. The number of carboxylic acids is 1. The third-order valence-corrected chi connectivity index (χ3v) is 2.84. The first-order valence-corrected chi connectivity index (χ1v) is 6.02. The minimum Gasteiger partial charge on any atom is -0.480 e. The van der Waals surface area contributed by atoms with E-state index in [9.17, 15) is 14.0 Å². The number of carboxylic acid groups (broad SMARTS) is 1. The van der Waals surface area contributed by atoms with E-state index in [0.717, 1.165) is 12.8 Å². The first-order valence-electron chi connectivity index (χ1n) is 6.02. The van der Waals surface area contributed by atoms with E-state index in [0.29, 0.717) is 5.56 Å². The van der Waals surface area contributed by atoms with Gasteiger partial charge < -0.3 is 10.0 Å². The predicted octanol–water partition coefficient (Wildman–Crippen LogP) is 1.91. The van der Waals surface area contributed by atoms with Crippen molar-refractivity contribution in [3.05, 3.63) is 41.7 Å². The minimum absolute atomic E-state index is 0.0285. The molecule has 1 aliphatic carbocycles. The molecule has 1 aliphatic rings. The maximum atomic E-state index is 13.0. The smallest absolute Gasteiger partial charge is 0.323 e. The van der Waals surface area contributed by atoms with Gasteiger partial charge in [-0.05, 0) is 36.6 Å². The van der Waals surface area contributed by atoms with Gasteiger partial charge in [0, 0.05) is 12.1 Å². The Kier molecular flexibility index (Phi) is 3.94. The van der Waals surface area contributed by atoms with Crippen molar-refractivity contribution in [3.8, 4) is 0 Å². The summed E-state index contributed by atoms with van der Waals surface area (Å²) in [4.78, 5) is 23.9. The number of aliphatic carboxylic acids is 1. The van der Waals surface area contributed by atoms with Crippen molar-refractivity contribution < 1.29 is 19.1 Å². The second kappa shape index (κ2) is 5.65. The zero-order chi connectivity index (χ0) is 13.8. The summed E-state index contributed by atoms with van der Waals surface area (Å²) in [5.74, 6) is -1.76. The average Bonchev–Trinajstić information content (AvgIpc) is 3.17. The van der Waals surface area contributed by atoms with Crippen LogP contribution < -0.4 is 0 Å². The maximum absolute atomic E-state index is 13.0. The molecule has 19 heavy (non-hydrogen) atoms. The summed E-state index contributed by atoms with van der Waals surface area (Å²) in [7, 11) is 0. The third kappa shape index (κ3) is 3.91. The topological polar surface area (TPSA) is 57.6 Å². The Morgan fingerprint density at radius 2 is 2.16 bits per heavy atom. The van der Waals surface area contributed by atoms with Crippen molar-refractivity contribution in [1.29, 1.82) is 0 Å². The van der Waals surface area contributed by atoms with Crippen molar-refractivity contribution >= 4 is 18.0 Å². The molecule has 1 fully saturated rings. The molecule has 0 atom stereocenters. The molecule has 0 bridgehead atoms. The van der Waals surface area contributed by atoms with E-state index in [1.54, 1.807) is 12.1 Å². The fraction of sp³-hybridized carbons (Fsp3) is 0.286. The molecule has 0 radical (unpaired) electrons. The lowest BCUT2D eigenvalue weighted by atomic mass is 10.2. The van der Waals surface area contributed by atoms with Crippen molar-refractivity contribution in [2.75, 3.05) is 6.54 Å². The van der Waals surface area contributed by atoms with Crippen LogP contribution in [0.5, 0.6) is 0 Å². The number of amides is 1. The van der Waals surface area contributed by atoms with E-state index in [4.69, 9.17) is 5.11 Å². The van der Waals surface area contributed by atoms with E-state index in [-0.39, 0.29) is 24.3 Å². The Balaban J connectivity index is 2.04. The van der Waals surface area contributed by atoms with E-state index < -0.39 is 5.97 Å². The Bertz CT molecular complexity index is 523. The summed E-state index contributed by atoms with van der Waals surface area (Å²) in [5.41, 5.74) is 0.569. The molecular weight excluding hydrogens is 249 g/mol. The van der Waals surface area contributed by atoms with Crippen LogP contribution in [-0.4, -0.2) is 34.5 Å². The van der Waals surface area contributed by atoms with Gasteiger partial charge in [-0.1, -0.05) is 12.1 Å². The van der Waals surface area contributed by atoms with Crippen LogP contribution in [0.4, 0.5) is 4.39 Å². The lowest BCUT2D eigenvalue weighted by Crippen LogP contribution is -2.36. The first kappa shape index (κ1) is 13.3. The molecule has 1 amide bonds. The number of rotatable bonds is 5. The standard InChI is InChI=1S/C14H14FNO3/c15-11-3-1-2-10(8-11)4-7-13(17)16(9-14(18)19)12-5-6-12/h1-4,7-8,12H,5-6,9H2,(H,18,19). The monoisotopic (exact) mass is 263 g/mol. The highest BCUT2D eigenvalue weighted by Gasteiger charge is 2.32. The second-order valence-electron chi connectivity index (χ2n) is 4.48. The number of halogens is 1. The second-order valence-corrected chi connectivity index (χ2v) is 4.48. The predicted molar refractivity (Wildman–Crippen MR) is 67.8 cm³/mol. The van der Waals surface area contributed by atoms with Gasteiger partial charge in [0.25, 0.3) is 0 Å². The fourth-order valence-electron chi connectivity index (χ4n) is 1.79. The molecule has 0 aromatic heterocycles. The Morgan fingerprint density at radius 1 is 1.42 bits per heavy atom. The van der Waals surface area contributed by atoms with Gasteiger partial charge in [-0.15, -0.1) is 0 Å². The molecule has 1 aromatic rings. The quantitative estimate of drug-likeness (QED) is 0.826. The Morgan fingerprint density at radius 3 is 2.74 bits per heavy atom.